The summed E-state index contributed by atoms with van der Waals surface area (Å²) in [4.78, 5) is 28.3. The molecule has 1 amide bonds. The number of hydrogen-bond acceptors (Lipinski definition) is 4. The van der Waals surface area contributed by atoms with Gasteiger partial charge in [0, 0.05) is 31.5 Å². The predicted molar refractivity (Wildman–Crippen MR) is 109 cm³/mol. The minimum atomic E-state index is -0.241. The molecule has 7 heteroatoms. The fourth-order valence-corrected chi connectivity index (χ4v) is 3.16. The average molecular weight is 383 g/mol. The number of H-pyrrole nitrogens is 1. The third kappa shape index (κ3) is 4.15. The highest BCUT2D eigenvalue weighted by molar-refractivity contribution is 7.71. The lowest BCUT2D eigenvalue weighted by molar-refractivity contribution is 0.102. The van der Waals surface area contributed by atoms with Crippen molar-refractivity contribution in [3.8, 4) is 0 Å². The number of methoxy groups -OCH3 is 1. The smallest absolute Gasteiger partial charge is 0.262 e. The summed E-state index contributed by atoms with van der Waals surface area (Å²) < 4.78 is 6.88. The molecule has 3 rings (SSSR count). The lowest BCUT2D eigenvalue weighted by Crippen LogP contribution is -2.23. The van der Waals surface area contributed by atoms with Crippen molar-refractivity contribution in [3.63, 3.8) is 0 Å². The number of amides is 1. The van der Waals surface area contributed by atoms with Crippen molar-refractivity contribution in [1.29, 1.82) is 0 Å². The highest BCUT2D eigenvalue weighted by Crippen LogP contribution is 2.16. The molecule has 0 atom stereocenters. The van der Waals surface area contributed by atoms with E-state index < -0.39 is 0 Å². The number of nitrogens with zero attached hydrogens (tertiary/aromatic N) is 1. The van der Waals surface area contributed by atoms with Gasteiger partial charge in [-0.1, -0.05) is 18.2 Å². The zero-order chi connectivity index (χ0) is 19.4. The van der Waals surface area contributed by atoms with Gasteiger partial charge in [0.2, 0.25) is 0 Å². The number of aromatic nitrogens is 2. The molecule has 1 heterocycles. The van der Waals surface area contributed by atoms with Gasteiger partial charge in [0.05, 0.1) is 10.9 Å². The number of hydrogen-bond donors (Lipinski definition) is 2. The zero-order valence-electron chi connectivity index (χ0n) is 15.2. The van der Waals surface area contributed by atoms with Crippen LogP contribution in [0.4, 0.5) is 5.69 Å². The second kappa shape index (κ2) is 8.28. The van der Waals surface area contributed by atoms with E-state index in [-0.39, 0.29) is 11.5 Å². The first-order chi connectivity index (χ1) is 13.0. The SMILES string of the molecule is COCCCn1c(=S)[nH]c2cc(C(=O)Nc3ccccc3C)ccc2c1=O. The molecule has 2 N–H and O–H groups in total. The molecule has 0 radical (unpaired) electrons. The van der Waals surface area contributed by atoms with Crippen molar-refractivity contribution in [3.05, 3.63) is 68.7 Å². The molecule has 1 aromatic heterocycles. The molecule has 140 valence electrons. The van der Waals surface area contributed by atoms with Crippen LogP contribution in [0.25, 0.3) is 10.9 Å². The zero-order valence-corrected chi connectivity index (χ0v) is 16.1. The number of rotatable bonds is 6. The van der Waals surface area contributed by atoms with Gasteiger partial charge in [0.25, 0.3) is 11.5 Å². The van der Waals surface area contributed by atoms with Crippen LogP contribution in [-0.4, -0.2) is 29.2 Å². The third-order valence-electron chi connectivity index (χ3n) is 4.37. The molecule has 0 aliphatic heterocycles. The monoisotopic (exact) mass is 383 g/mol. The molecule has 0 aliphatic rings. The van der Waals surface area contributed by atoms with E-state index in [1.165, 1.54) is 4.57 Å². The Bertz CT molecular complexity index is 1100. The predicted octanol–water partition coefficient (Wildman–Crippen LogP) is 3.66. The topological polar surface area (TPSA) is 76.1 Å². The molecule has 27 heavy (non-hydrogen) atoms. The Morgan fingerprint density at radius 3 is 2.78 bits per heavy atom. The van der Waals surface area contributed by atoms with E-state index in [9.17, 15) is 9.59 Å². The fraction of sp³-hybridized carbons (Fsp3) is 0.250. The summed E-state index contributed by atoms with van der Waals surface area (Å²) in [5.74, 6) is -0.241. The first-order valence-electron chi connectivity index (χ1n) is 8.64. The Hall–Kier alpha value is -2.77. The van der Waals surface area contributed by atoms with Gasteiger partial charge < -0.3 is 15.0 Å². The molecule has 0 unspecified atom stereocenters. The van der Waals surface area contributed by atoms with Gasteiger partial charge in [0.15, 0.2) is 4.77 Å². The van der Waals surface area contributed by atoms with Crippen LogP contribution < -0.4 is 10.9 Å². The van der Waals surface area contributed by atoms with Gasteiger partial charge in [-0.2, -0.15) is 0 Å². The molecule has 0 fully saturated rings. The minimum Gasteiger partial charge on any atom is -0.385 e. The standard InChI is InChI=1S/C20H21N3O3S/c1-13-6-3-4-7-16(13)21-18(24)14-8-9-15-17(12-14)22-20(27)23(19(15)25)10-5-11-26-2/h3-4,6-9,12H,5,10-11H2,1-2H3,(H,21,24)(H,22,27). The molecule has 0 bridgehead atoms. The highest BCUT2D eigenvalue weighted by Gasteiger charge is 2.11. The molecule has 0 saturated carbocycles. The quantitative estimate of drug-likeness (QED) is 0.503. The van der Waals surface area contributed by atoms with E-state index in [0.29, 0.717) is 40.8 Å². The van der Waals surface area contributed by atoms with E-state index in [1.807, 2.05) is 31.2 Å². The largest absolute Gasteiger partial charge is 0.385 e. The third-order valence-corrected chi connectivity index (χ3v) is 4.69. The van der Waals surface area contributed by atoms with Gasteiger partial charge in [-0.05, 0) is 55.4 Å². The van der Waals surface area contributed by atoms with Crippen LogP contribution in [0.15, 0.2) is 47.3 Å². The fourth-order valence-electron chi connectivity index (χ4n) is 2.87. The Balaban J connectivity index is 1.92. The maximum atomic E-state index is 12.7. The van der Waals surface area contributed by atoms with Gasteiger partial charge in [-0.25, -0.2) is 0 Å². The number of carbonyl (C=O) groups excluding carboxylic acids is 1. The maximum Gasteiger partial charge on any atom is 0.262 e. The number of carbonyl (C=O) groups is 1. The van der Waals surface area contributed by atoms with Crippen LogP contribution in [0.1, 0.15) is 22.3 Å². The van der Waals surface area contributed by atoms with Crippen LogP contribution in [-0.2, 0) is 11.3 Å². The number of para-hydroxylation sites is 1. The average Bonchev–Trinajstić information content (AvgIpc) is 2.65. The maximum absolute atomic E-state index is 12.7. The lowest BCUT2D eigenvalue weighted by atomic mass is 10.1. The van der Waals surface area contributed by atoms with Gasteiger partial charge in [0.1, 0.15) is 0 Å². The first kappa shape index (κ1) is 19.0. The number of nitrogens with one attached hydrogen (secondary N) is 2. The number of benzene rings is 2. The Morgan fingerprint density at radius 1 is 1.26 bits per heavy atom. The molecule has 2 aromatic carbocycles. The van der Waals surface area contributed by atoms with E-state index in [2.05, 4.69) is 10.3 Å². The van der Waals surface area contributed by atoms with Crippen molar-refractivity contribution >= 4 is 34.7 Å². The van der Waals surface area contributed by atoms with Crippen molar-refractivity contribution in [2.45, 2.75) is 19.9 Å². The molecule has 0 spiro atoms. The van der Waals surface area contributed by atoms with E-state index in [4.69, 9.17) is 17.0 Å². The summed E-state index contributed by atoms with van der Waals surface area (Å²) in [6, 6.07) is 12.5. The van der Waals surface area contributed by atoms with Crippen LogP contribution in [0.5, 0.6) is 0 Å². The summed E-state index contributed by atoms with van der Waals surface area (Å²) in [5.41, 5.74) is 2.56. The summed E-state index contributed by atoms with van der Waals surface area (Å²) in [6.07, 6.45) is 0.691. The van der Waals surface area contributed by atoms with E-state index in [1.54, 1.807) is 25.3 Å². The Morgan fingerprint density at radius 2 is 2.04 bits per heavy atom. The number of anilines is 1. The van der Waals surface area contributed by atoms with Crippen LogP contribution in [0.3, 0.4) is 0 Å². The highest BCUT2D eigenvalue weighted by atomic mass is 32.1. The van der Waals surface area contributed by atoms with Crippen molar-refractivity contribution < 1.29 is 9.53 Å². The normalized spacial score (nSPS) is 10.9. The van der Waals surface area contributed by atoms with Gasteiger partial charge in [-0.3, -0.25) is 14.2 Å². The summed E-state index contributed by atoms with van der Waals surface area (Å²) in [5, 5.41) is 3.38. The van der Waals surface area contributed by atoms with Gasteiger partial charge in [-0.15, -0.1) is 0 Å². The first-order valence-corrected chi connectivity index (χ1v) is 9.05. The summed E-state index contributed by atoms with van der Waals surface area (Å²) >= 11 is 5.31. The Kier molecular flexibility index (Phi) is 5.83. The van der Waals surface area contributed by atoms with Crippen molar-refractivity contribution in [2.75, 3.05) is 19.0 Å². The molecular formula is C20H21N3O3S. The number of ether oxygens (including phenoxy) is 1. The van der Waals surface area contributed by atoms with Crippen LogP contribution in [0, 0.1) is 11.7 Å². The number of aryl methyl sites for hydroxylation is 1. The molecule has 6 nitrogen and oxygen atoms in total. The second-order valence-electron chi connectivity index (χ2n) is 6.26. The molecule has 0 aliphatic carbocycles. The van der Waals surface area contributed by atoms with E-state index in [0.717, 1.165) is 11.3 Å². The second-order valence-corrected chi connectivity index (χ2v) is 6.65. The van der Waals surface area contributed by atoms with Gasteiger partial charge >= 0.3 is 0 Å². The number of fused-ring (bicyclic) bond motifs is 1. The number of aromatic amines is 1. The Labute approximate surface area is 161 Å². The van der Waals surface area contributed by atoms with Crippen molar-refractivity contribution in [1.82, 2.24) is 9.55 Å². The summed E-state index contributed by atoms with van der Waals surface area (Å²) in [6.45, 7) is 2.96. The van der Waals surface area contributed by atoms with Crippen LogP contribution >= 0.6 is 12.2 Å². The molecule has 3 aromatic rings. The summed E-state index contributed by atoms with van der Waals surface area (Å²) in [7, 11) is 1.62. The van der Waals surface area contributed by atoms with Crippen LogP contribution in [0.2, 0.25) is 0 Å². The lowest BCUT2D eigenvalue weighted by Gasteiger charge is -2.10. The molecule has 0 saturated heterocycles. The van der Waals surface area contributed by atoms with Crippen molar-refractivity contribution in [2.24, 2.45) is 0 Å². The minimum absolute atomic E-state index is 0.171. The molecular weight excluding hydrogens is 362 g/mol. The van der Waals surface area contributed by atoms with E-state index >= 15 is 0 Å².